The molecule has 0 aliphatic carbocycles. The molecular formula is C20H30Eu-2. The van der Waals surface area contributed by atoms with Crippen molar-refractivity contribution in [3.8, 4) is 0 Å². The van der Waals surface area contributed by atoms with E-state index in [1.807, 2.05) is 0 Å². The van der Waals surface area contributed by atoms with Crippen LogP contribution in [0, 0.1) is 119 Å². The minimum absolute atomic E-state index is 0. The summed E-state index contributed by atoms with van der Waals surface area (Å²) >= 11 is 0. The van der Waals surface area contributed by atoms with Crippen LogP contribution >= 0.6 is 0 Å². The van der Waals surface area contributed by atoms with Crippen LogP contribution in [0.4, 0.5) is 0 Å². The maximum atomic E-state index is 2.20. The topological polar surface area (TPSA) is 0 Å². The molecule has 1 heteroatoms. The molecule has 0 atom stereocenters. The van der Waals surface area contributed by atoms with E-state index in [4.69, 9.17) is 0 Å². The molecule has 1 radical (unpaired) electrons. The minimum Gasteiger partial charge on any atom is -0.196 e. The molecule has 0 nitrogen and oxygen atoms in total. The van der Waals surface area contributed by atoms with Crippen molar-refractivity contribution in [2.75, 3.05) is 0 Å². The molecule has 0 aliphatic heterocycles. The van der Waals surface area contributed by atoms with E-state index in [0.717, 1.165) is 0 Å². The number of hydrogen-bond acceptors (Lipinski definition) is 0. The zero-order valence-corrected chi connectivity index (χ0v) is 17.8. The van der Waals surface area contributed by atoms with E-state index in [2.05, 4.69) is 69.2 Å². The second-order valence-corrected chi connectivity index (χ2v) is 6.25. The van der Waals surface area contributed by atoms with Crippen LogP contribution in [0.3, 0.4) is 0 Å². The Morgan fingerprint density at radius 3 is 0.619 bits per heavy atom. The second-order valence-electron chi connectivity index (χ2n) is 6.25. The summed E-state index contributed by atoms with van der Waals surface area (Å²) in [6.07, 6.45) is 0. The van der Waals surface area contributed by atoms with E-state index in [1.165, 1.54) is 55.6 Å². The van der Waals surface area contributed by atoms with E-state index in [-0.39, 0.29) is 49.4 Å². The molecular weight excluding hydrogens is 392 g/mol. The fourth-order valence-corrected chi connectivity index (χ4v) is 2.81. The van der Waals surface area contributed by atoms with Crippen LogP contribution in [0.1, 0.15) is 55.6 Å². The van der Waals surface area contributed by atoms with Crippen molar-refractivity contribution in [2.45, 2.75) is 69.2 Å². The van der Waals surface area contributed by atoms with Gasteiger partial charge in [0, 0.05) is 49.4 Å². The Labute approximate surface area is 172 Å². The second kappa shape index (κ2) is 8.23. The molecule has 2 aromatic carbocycles. The summed E-state index contributed by atoms with van der Waals surface area (Å²) in [4.78, 5) is 0. The van der Waals surface area contributed by atoms with Crippen molar-refractivity contribution in [3.63, 3.8) is 0 Å². The summed E-state index contributed by atoms with van der Waals surface area (Å²) in [5.74, 6) is 0. The maximum absolute atomic E-state index is 2.20. The van der Waals surface area contributed by atoms with Crippen LogP contribution in [0.5, 0.6) is 0 Å². The summed E-state index contributed by atoms with van der Waals surface area (Å²) in [5.41, 5.74) is 14.7. The third-order valence-electron chi connectivity index (χ3n) is 5.62. The summed E-state index contributed by atoms with van der Waals surface area (Å²) in [5, 5.41) is 0. The first kappa shape index (κ1) is 21.3. The van der Waals surface area contributed by atoms with Gasteiger partial charge < -0.3 is 0 Å². The smallest absolute Gasteiger partial charge is 0 e. The molecule has 0 saturated heterocycles. The number of rotatable bonds is 0. The Balaban J connectivity index is 0.000000364. The van der Waals surface area contributed by atoms with Crippen LogP contribution in [0.25, 0.3) is 0 Å². The van der Waals surface area contributed by atoms with Gasteiger partial charge in [0.15, 0.2) is 0 Å². The fourth-order valence-electron chi connectivity index (χ4n) is 2.81. The Hall–Kier alpha value is 0.284. The van der Waals surface area contributed by atoms with Crippen molar-refractivity contribution in [3.05, 3.63) is 55.6 Å². The normalized spacial score (nSPS) is 10.0. The first-order valence-corrected chi connectivity index (χ1v) is 7.50. The molecule has 0 aromatic heterocycles. The van der Waals surface area contributed by atoms with Gasteiger partial charge in [-0.2, -0.15) is 55.6 Å². The van der Waals surface area contributed by atoms with Gasteiger partial charge in [0.1, 0.15) is 0 Å². The van der Waals surface area contributed by atoms with Gasteiger partial charge in [-0.25, -0.2) is 0 Å². The molecule has 0 amide bonds. The maximum Gasteiger partial charge on any atom is 0 e. The molecule has 0 heterocycles. The summed E-state index contributed by atoms with van der Waals surface area (Å²) < 4.78 is 0. The molecule has 2 aromatic rings. The largest absolute Gasteiger partial charge is 0.196 e. The predicted octanol–water partition coefficient (Wildman–Crippen LogP) is 5.90. The van der Waals surface area contributed by atoms with E-state index in [0.29, 0.717) is 0 Å². The van der Waals surface area contributed by atoms with E-state index < -0.39 is 0 Å². The summed E-state index contributed by atoms with van der Waals surface area (Å²) in [6, 6.07) is 0. The van der Waals surface area contributed by atoms with Crippen molar-refractivity contribution in [1.82, 2.24) is 0 Å². The zero-order chi connectivity index (χ0) is 15.8. The van der Waals surface area contributed by atoms with E-state index in [9.17, 15) is 0 Å². The standard InChI is InChI=1S/2C10H15.Eu/c2*1-6-7(2)9(4)10(5)8(6)3;/h2*1-5H3;/q2*-1;. The average Bonchev–Trinajstić information content (AvgIpc) is 2.71. The molecule has 0 aliphatic rings. The Bertz CT molecular complexity index is 404. The van der Waals surface area contributed by atoms with Crippen LogP contribution in [0.2, 0.25) is 0 Å². The Kier molecular flexibility index (Phi) is 8.34. The molecule has 0 unspecified atom stereocenters. The Morgan fingerprint density at radius 1 is 0.429 bits per heavy atom. The van der Waals surface area contributed by atoms with Crippen LogP contribution in [-0.2, 0) is 0 Å². The van der Waals surface area contributed by atoms with Crippen molar-refractivity contribution < 1.29 is 49.4 Å². The van der Waals surface area contributed by atoms with Gasteiger partial charge in [0.05, 0.1) is 0 Å². The molecule has 0 spiro atoms. The van der Waals surface area contributed by atoms with Gasteiger partial charge in [0.25, 0.3) is 0 Å². The van der Waals surface area contributed by atoms with Crippen LogP contribution in [-0.4, -0.2) is 0 Å². The zero-order valence-electron chi connectivity index (χ0n) is 15.4. The van der Waals surface area contributed by atoms with Gasteiger partial charge >= 0.3 is 0 Å². The fraction of sp³-hybridized carbons (Fsp3) is 0.500. The summed E-state index contributed by atoms with van der Waals surface area (Å²) in [7, 11) is 0. The molecule has 0 bridgehead atoms. The molecule has 0 N–H and O–H groups in total. The SMILES string of the molecule is Cc1c(C)c(C)[c-](C)c1C.Cc1c(C)c(C)[c-](C)c1C.[Eu]. The monoisotopic (exact) mass is 423 g/mol. The predicted molar refractivity (Wildman–Crippen MR) is 91.4 cm³/mol. The molecule has 21 heavy (non-hydrogen) atoms. The van der Waals surface area contributed by atoms with Gasteiger partial charge in [0.2, 0.25) is 0 Å². The molecule has 119 valence electrons. The van der Waals surface area contributed by atoms with Crippen LogP contribution < -0.4 is 0 Å². The number of hydrogen-bond donors (Lipinski definition) is 0. The van der Waals surface area contributed by atoms with Crippen molar-refractivity contribution in [1.29, 1.82) is 0 Å². The summed E-state index contributed by atoms with van der Waals surface area (Å²) in [6.45, 7) is 22.0. The van der Waals surface area contributed by atoms with E-state index in [1.54, 1.807) is 0 Å². The minimum atomic E-state index is 0. The van der Waals surface area contributed by atoms with Gasteiger partial charge in [-0.15, -0.1) is 0 Å². The molecule has 0 saturated carbocycles. The first-order chi connectivity index (χ1) is 9.11. The third-order valence-corrected chi connectivity index (χ3v) is 5.62. The average molecular weight is 422 g/mol. The van der Waals surface area contributed by atoms with Crippen LogP contribution in [0.15, 0.2) is 0 Å². The van der Waals surface area contributed by atoms with Gasteiger partial charge in [-0.05, 0) is 0 Å². The van der Waals surface area contributed by atoms with Gasteiger partial charge in [-0.3, -0.25) is 0 Å². The first-order valence-electron chi connectivity index (χ1n) is 7.50. The van der Waals surface area contributed by atoms with Crippen molar-refractivity contribution in [2.24, 2.45) is 0 Å². The molecule has 0 fully saturated rings. The molecule has 2 rings (SSSR count). The Morgan fingerprint density at radius 2 is 0.571 bits per heavy atom. The van der Waals surface area contributed by atoms with Crippen molar-refractivity contribution >= 4 is 0 Å². The van der Waals surface area contributed by atoms with Gasteiger partial charge in [-0.1, -0.05) is 69.2 Å². The quantitative estimate of drug-likeness (QED) is 0.464. The third kappa shape index (κ3) is 4.18. The van der Waals surface area contributed by atoms with E-state index >= 15 is 0 Å².